The largest absolute Gasteiger partial charge is 0.486 e. The lowest BCUT2D eigenvalue weighted by molar-refractivity contribution is -0.135. The zero-order chi connectivity index (χ0) is 23.2. The first-order chi connectivity index (χ1) is 15.9. The maximum Gasteiger partial charge on any atom is 0.325 e. The summed E-state index contributed by atoms with van der Waals surface area (Å²) in [7, 11) is 0. The molecular weight excluding hydrogens is 422 g/mol. The van der Waals surface area contributed by atoms with Crippen molar-refractivity contribution in [1.82, 2.24) is 15.5 Å². The van der Waals surface area contributed by atoms with Crippen molar-refractivity contribution in [3.05, 3.63) is 59.2 Å². The Labute approximate surface area is 192 Å². The van der Waals surface area contributed by atoms with E-state index in [9.17, 15) is 14.4 Å². The van der Waals surface area contributed by atoms with Crippen molar-refractivity contribution in [3.63, 3.8) is 0 Å². The van der Waals surface area contributed by atoms with Gasteiger partial charge in [0.15, 0.2) is 11.5 Å². The molecule has 0 aromatic heterocycles. The van der Waals surface area contributed by atoms with Crippen LogP contribution in [-0.4, -0.2) is 42.5 Å². The van der Waals surface area contributed by atoms with Crippen LogP contribution in [0.25, 0.3) is 0 Å². The third-order valence-electron chi connectivity index (χ3n) is 6.63. The number of carbonyl (C=O) groups is 3. The van der Waals surface area contributed by atoms with Crippen LogP contribution in [0.2, 0.25) is 0 Å². The normalized spacial score (nSPS) is 21.8. The van der Waals surface area contributed by atoms with Crippen LogP contribution in [0.1, 0.15) is 43.0 Å². The van der Waals surface area contributed by atoms with Crippen molar-refractivity contribution in [2.75, 3.05) is 19.8 Å². The predicted molar refractivity (Wildman–Crippen MR) is 120 cm³/mol. The van der Waals surface area contributed by atoms with Crippen molar-refractivity contribution in [1.29, 1.82) is 0 Å². The summed E-state index contributed by atoms with van der Waals surface area (Å²) in [6.45, 7) is 4.66. The van der Waals surface area contributed by atoms with Gasteiger partial charge in [0.25, 0.3) is 5.91 Å². The van der Waals surface area contributed by atoms with E-state index in [4.69, 9.17) is 9.47 Å². The molecule has 2 unspecified atom stereocenters. The number of urea groups is 1. The van der Waals surface area contributed by atoms with Crippen molar-refractivity contribution in [2.24, 2.45) is 5.92 Å². The first-order valence-corrected chi connectivity index (χ1v) is 11.3. The number of carbonyl (C=O) groups excluding carboxylic acids is 3. The first kappa shape index (κ1) is 21.3. The molecule has 2 N–H and O–H groups in total. The molecule has 2 aromatic rings. The molecule has 33 heavy (non-hydrogen) atoms. The van der Waals surface area contributed by atoms with Gasteiger partial charge >= 0.3 is 6.03 Å². The maximum atomic E-state index is 13.3. The van der Waals surface area contributed by atoms with E-state index < -0.39 is 17.5 Å². The molecule has 8 heteroatoms. The van der Waals surface area contributed by atoms with Gasteiger partial charge in [-0.2, -0.15) is 0 Å². The second kappa shape index (κ2) is 8.10. The van der Waals surface area contributed by atoms with Gasteiger partial charge in [0.05, 0.1) is 6.04 Å². The molecule has 1 saturated heterocycles. The topological polar surface area (TPSA) is 97.0 Å². The van der Waals surface area contributed by atoms with E-state index in [1.807, 2.05) is 56.3 Å². The Morgan fingerprint density at radius 1 is 1.12 bits per heavy atom. The van der Waals surface area contributed by atoms with Crippen LogP contribution < -0.4 is 20.1 Å². The molecule has 3 aliphatic rings. The Hall–Kier alpha value is -3.55. The Balaban J connectivity index is 1.32. The fourth-order valence-corrected chi connectivity index (χ4v) is 4.98. The van der Waals surface area contributed by atoms with Crippen molar-refractivity contribution in [3.8, 4) is 11.5 Å². The number of nitrogens with one attached hydrogen (secondary N) is 2. The fraction of sp³-hybridized carbons (Fsp3) is 0.400. The monoisotopic (exact) mass is 449 g/mol. The summed E-state index contributed by atoms with van der Waals surface area (Å²) < 4.78 is 11.3. The zero-order valence-corrected chi connectivity index (χ0v) is 18.7. The quantitative estimate of drug-likeness (QED) is 0.684. The summed E-state index contributed by atoms with van der Waals surface area (Å²) in [4.78, 5) is 40.0. The Morgan fingerprint density at radius 2 is 1.88 bits per heavy atom. The van der Waals surface area contributed by atoms with Crippen LogP contribution in [0.5, 0.6) is 11.5 Å². The average Bonchev–Trinajstić information content (AvgIpc) is 3.30. The minimum absolute atomic E-state index is 0.0765. The van der Waals surface area contributed by atoms with Gasteiger partial charge in [0, 0.05) is 0 Å². The summed E-state index contributed by atoms with van der Waals surface area (Å²) in [5.74, 6) is 0.644. The summed E-state index contributed by atoms with van der Waals surface area (Å²) in [6.07, 6.45) is 1.21. The molecule has 172 valence electrons. The molecule has 2 atom stereocenters. The van der Waals surface area contributed by atoms with Crippen LogP contribution in [0.3, 0.4) is 0 Å². The number of nitrogens with zero attached hydrogens (tertiary/aromatic N) is 1. The second-order valence-corrected chi connectivity index (χ2v) is 9.08. The van der Waals surface area contributed by atoms with E-state index in [2.05, 4.69) is 10.6 Å². The second-order valence-electron chi connectivity index (χ2n) is 9.08. The minimum Gasteiger partial charge on any atom is -0.486 e. The molecule has 0 bridgehead atoms. The van der Waals surface area contributed by atoms with Crippen LogP contribution in [0.4, 0.5) is 4.79 Å². The summed E-state index contributed by atoms with van der Waals surface area (Å²) in [5.41, 5.74) is 1.68. The summed E-state index contributed by atoms with van der Waals surface area (Å²) in [5, 5.41) is 5.86. The van der Waals surface area contributed by atoms with Crippen molar-refractivity contribution < 1.29 is 23.9 Å². The summed E-state index contributed by atoms with van der Waals surface area (Å²) >= 11 is 0. The number of hydrogen-bond donors (Lipinski definition) is 2. The average molecular weight is 450 g/mol. The molecule has 1 aliphatic carbocycles. The molecular formula is C25H27N3O5. The lowest BCUT2D eigenvalue weighted by atomic mass is 9.92. The highest BCUT2D eigenvalue weighted by atomic mass is 16.6. The number of hydrogen-bond acceptors (Lipinski definition) is 5. The standard InChI is InChI=1S/C25H27N3O5/c1-15(2)22(17-7-8-19-20(13-17)33-12-11-32-19)26-21(29)14-28-23(30)25(27-24(28)31)10-9-16-5-3-4-6-18(16)25/h3-8,13,15,22H,9-12,14H2,1-2H3,(H,26,29)(H,27,31). The van der Waals surface area contributed by atoms with Crippen molar-refractivity contribution >= 4 is 17.8 Å². The molecule has 2 aliphatic heterocycles. The maximum absolute atomic E-state index is 13.3. The molecule has 1 spiro atoms. The minimum atomic E-state index is -1.07. The lowest BCUT2D eigenvalue weighted by Gasteiger charge is -2.26. The third kappa shape index (κ3) is 3.59. The molecule has 2 aromatic carbocycles. The van der Waals surface area contributed by atoms with Gasteiger partial charge < -0.3 is 20.1 Å². The number of rotatable bonds is 5. The van der Waals surface area contributed by atoms with E-state index >= 15 is 0 Å². The van der Waals surface area contributed by atoms with Gasteiger partial charge in [-0.05, 0) is 47.6 Å². The molecule has 2 heterocycles. The smallest absolute Gasteiger partial charge is 0.325 e. The van der Waals surface area contributed by atoms with Crippen molar-refractivity contribution in [2.45, 2.75) is 38.3 Å². The SMILES string of the molecule is CC(C)C(NC(=O)CN1C(=O)NC2(CCc3ccccc32)C1=O)c1ccc2c(c1)OCCO2. The van der Waals surface area contributed by atoms with Gasteiger partial charge in [-0.15, -0.1) is 0 Å². The number of aryl methyl sites for hydroxylation is 1. The third-order valence-corrected chi connectivity index (χ3v) is 6.63. The highest BCUT2D eigenvalue weighted by Crippen LogP contribution is 2.41. The number of imide groups is 1. The van der Waals surface area contributed by atoms with Gasteiger partial charge in [0.1, 0.15) is 25.3 Å². The van der Waals surface area contributed by atoms with Gasteiger partial charge in [-0.3, -0.25) is 14.5 Å². The number of amides is 4. The van der Waals surface area contributed by atoms with E-state index in [1.54, 1.807) is 0 Å². The number of benzene rings is 2. The highest BCUT2D eigenvalue weighted by molar-refractivity contribution is 6.09. The Morgan fingerprint density at radius 3 is 2.67 bits per heavy atom. The van der Waals surface area contributed by atoms with Crippen LogP contribution in [0.15, 0.2) is 42.5 Å². The molecule has 8 nitrogen and oxygen atoms in total. The van der Waals surface area contributed by atoms with E-state index in [0.717, 1.165) is 21.6 Å². The fourth-order valence-electron chi connectivity index (χ4n) is 4.98. The molecule has 0 radical (unpaired) electrons. The molecule has 0 saturated carbocycles. The molecule has 4 amide bonds. The number of ether oxygens (including phenoxy) is 2. The van der Waals surface area contributed by atoms with E-state index in [-0.39, 0.29) is 24.4 Å². The Bertz CT molecular complexity index is 1130. The molecule has 1 fully saturated rings. The number of fused-ring (bicyclic) bond motifs is 3. The Kier molecular flexibility index (Phi) is 5.23. The molecule has 5 rings (SSSR count). The van der Waals surface area contributed by atoms with E-state index in [0.29, 0.717) is 37.6 Å². The van der Waals surface area contributed by atoms with Gasteiger partial charge in [-0.1, -0.05) is 44.2 Å². The van der Waals surface area contributed by atoms with Crippen LogP contribution >= 0.6 is 0 Å². The van der Waals surface area contributed by atoms with Crippen LogP contribution in [-0.2, 0) is 21.5 Å². The zero-order valence-electron chi connectivity index (χ0n) is 18.7. The van der Waals surface area contributed by atoms with Gasteiger partial charge in [-0.25, -0.2) is 4.79 Å². The predicted octanol–water partition coefficient (Wildman–Crippen LogP) is 2.66. The summed E-state index contributed by atoms with van der Waals surface area (Å²) in [6, 6.07) is 12.4. The van der Waals surface area contributed by atoms with Gasteiger partial charge in [0.2, 0.25) is 5.91 Å². The van der Waals surface area contributed by atoms with Crippen LogP contribution in [0, 0.1) is 5.92 Å². The first-order valence-electron chi connectivity index (χ1n) is 11.3. The van der Waals surface area contributed by atoms with E-state index in [1.165, 1.54) is 0 Å². The lowest BCUT2D eigenvalue weighted by Crippen LogP contribution is -2.44. The highest BCUT2D eigenvalue weighted by Gasteiger charge is 2.55.